The first-order chi connectivity index (χ1) is 15.5. The summed E-state index contributed by atoms with van der Waals surface area (Å²) in [6.07, 6.45) is 1.48. The molecule has 1 spiro atoms. The van der Waals surface area contributed by atoms with Crippen LogP contribution in [0.15, 0.2) is 42.5 Å². The van der Waals surface area contributed by atoms with E-state index < -0.39 is 0 Å². The molecular formula is C24H28N2O5S. The van der Waals surface area contributed by atoms with Crippen molar-refractivity contribution in [3.05, 3.63) is 53.6 Å². The Morgan fingerprint density at radius 3 is 1.94 bits per heavy atom. The summed E-state index contributed by atoms with van der Waals surface area (Å²) in [5, 5.41) is 0. The van der Waals surface area contributed by atoms with E-state index in [0.29, 0.717) is 42.3 Å². The lowest BCUT2D eigenvalue weighted by Gasteiger charge is -2.44. The van der Waals surface area contributed by atoms with Gasteiger partial charge in [0.2, 0.25) is 0 Å². The van der Waals surface area contributed by atoms with E-state index in [4.69, 9.17) is 14.2 Å². The topological polar surface area (TPSA) is 68.3 Å². The third-order valence-electron chi connectivity index (χ3n) is 6.19. The summed E-state index contributed by atoms with van der Waals surface area (Å²) in [7, 11) is 4.76. The maximum Gasteiger partial charge on any atom is 0.255 e. The number of hydrogen-bond acceptors (Lipinski definition) is 6. The molecule has 0 aromatic heterocycles. The number of methoxy groups -OCH3 is 3. The zero-order valence-electron chi connectivity index (χ0n) is 18.6. The predicted molar refractivity (Wildman–Crippen MR) is 124 cm³/mol. The second-order valence-electron chi connectivity index (χ2n) is 7.87. The molecule has 2 aromatic carbocycles. The molecule has 0 unspecified atom stereocenters. The zero-order valence-corrected chi connectivity index (χ0v) is 19.4. The molecule has 0 radical (unpaired) electrons. The Kier molecular flexibility index (Phi) is 6.50. The van der Waals surface area contributed by atoms with Crippen molar-refractivity contribution in [1.82, 2.24) is 9.80 Å². The Morgan fingerprint density at radius 1 is 0.781 bits per heavy atom. The first-order valence-electron chi connectivity index (χ1n) is 10.6. The standard InChI is InChI=1S/C24H28N2O5S/c1-29-19-6-4-17(5-7-19)22(27)25-10-8-24(9-11-25)26(12-13-32-24)23(28)18-14-20(30-2)16-21(15-18)31-3/h4-7,14-16H,8-13H2,1-3H3. The molecule has 0 N–H and O–H groups in total. The van der Waals surface area contributed by atoms with E-state index in [9.17, 15) is 9.59 Å². The molecule has 0 saturated carbocycles. The van der Waals surface area contributed by atoms with E-state index in [1.165, 1.54) is 0 Å². The van der Waals surface area contributed by atoms with Crippen molar-refractivity contribution < 1.29 is 23.8 Å². The highest BCUT2D eigenvalue weighted by Gasteiger charge is 2.47. The van der Waals surface area contributed by atoms with E-state index >= 15 is 0 Å². The van der Waals surface area contributed by atoms with E-state index in [2.05, 4.69) is 0 Å². The fraction of sp³-hybridized carbons (Fsp3) is 0.417. The first-order valence-corrected chi connectivity index (χ1v) is 11.6. The van der Waals surface area contributed by atoms with Gasteiger partial charge in [0.15, 0.2) is 0 Å². The van der Waals surface area contributed by atoms with Gasteiger partial charge in [-0.1, -0.05) is 0 Å². The Hall–Kier alpha value is -2.87. The Morgan fingerprint density at radius 2 is 1.38 bits per heavy atom. The van der Waals surface area contributed by atoms with E-state index in [-0.39, 0.29) is 16.7 Å². The minimum Gasteiger partial charge on any atom is -0.497 e. The molecule has 2 aromatic rings. The van der Waals surface area contributed by atoms with Gasteiger partial charge in [0.1, 0.15) is 17.2 Å². The Balaban J connectivity index is 1.48. The fourth-order valence-corrected chi connectivity index (χ4v) is 5.83. The largest absolute Gasteiger partial charge is 0.497 e. The highest BCUT2D eigenvalue weighted by atomic mass is 32.2. The number of likely N-dealkylation sites (tertiary alicyclic amines) is 1. The summed E-state index contributed by atoms with van der Waals surface area (Å²) in [4.78, 5) is 30.0. The fourth-order valence-electron chi connectivity index (χ4n) is 4.37. The average Bonchev–Trinajstić information content (AvgIpc) is 3.25. The Bertz CT molecular complexity index is 964. The number of amides is 2. The van der Waals surface area contributed by atoms with Gasteiger partial charge in [-0.05, 0) is 49.2 Å². The van der Waals surface area contributed by atoms with Crippen molar-refractivity contribution in [1.29, 1.82) is 0 Å². The summed E-state index contributed by atoms with van der Waals surface area (Å²) >= 11 is 1.82. The zero-order chi connectivity index (χ0) is 22.7. The van der Waals surface area contributed by atoms with Gasteiger partial charge in [-0.3, -0.25) is 9.59 Å². The molecule has 2 amide bonds. The first kappa shape index (κ1) is 22.3. The molecule has 4 rings (SSSR count). The van der Waals surface area contributed by atoms with Gasteiger partial charge in [0.05, 0.1) is 26.2 Å². The van der Waals surface area contributed by atoms with Crippen LogP contribution in [0.5, 0.6) is 17.2 Å². The van der Waals surface area contributed by atoms with Crippen LogP contribution >= 0.6 is 11.8 Å². The molecule has 8 heteroatoms. The molecule has 2 saturated heterocycles. The number of piperidine rings is 1. The predicted octanol–water partition coefficient (Wildman–Crippen LogP) is 3.53. The molecule has 32 heavy (non-hydrogen) atoms. The molecule has 0 atom stereocenters. The van der Waals surface area contributed by atoms with Crippen LogP contribution in [0.25, 0.3) is 0 Å². The second kappa shape index (κ2) is 9.32. The number of carbonyl (C=O) groups excluding carboxylic acids is 2. The molecule has 0 bridgehead atoms. The lowest BCUT2D eigenvalue weighted by Crippen LogP contribution is -2.53. The summed E-state index contributed by atoms with van der Waals surface area (Å²) in [5.41, 5.74) is 1.21. The van der Waals surface area contributed by atoms with Crippen LogP contribution in [0.3, 0.4) is 0 Å². The molecular weight excluding hydrogens is 428 g/mol. The number of hydrogen-bond donors (Lipinski definition) is 0. The van der Waals surface area contributed by atoms with E-state index in [1.807, 2.05) is 21.6 Å². The summed E-state index contributed by atoms with van der Waals surface area (Å²) in [6.45, 7) is 1.92. The van der Waals surface area contributed by atoms with Gasteiger partial charge in [-0.25, -0.2) is 0 Å². The monoisotopic (exact) mass is 456 g/mol. The molecule has 170 valence electrons. The normalized spacial score (nSPS) is 17.3. The quantitative estimate of drug-likeness (QED) is 0.686. The SMILES string of the molecule is COc1ccc(C(=O)N2CCC3(CC2)SCCN3C(=O)c2cc(OC)cc(OC)c2)cc1. The second-order valence-corrected chi connectivity index (χ2v) is 9.33. The van der Waals surface area contributed by atoms with Crippen molar-refractivity contribution in [3.63, 3.8) is 0 Å². The summed E-state index contributed by atoms with van der Waals surface area (Å²) in [5.74, 6) is 2.79. The van der Waals surface area contributed by atoms with Crippen molar-refractivity contribution in [2.75, 3.05) is 46.7 Å². The van der Waals surface area contributed by atoms with Crippen LogP contribution < -0.4 is 14.2 Å². The van der Waals surface area contributed by atoms with Gasteiger partial charge < -0.3 is 24.0 Å². The smallest absolute Gasteiger partial charge is 0.255 e. The van der Waals surface area contributed by atoms with Crippen molar-refractivity contribution in [2.45, 2.75) is 17.7 Å². The third kappa shape index (κ3) is 4.24. The number of carbonyl (C=O) groups is 2. The number of benzene rings is 2. The van der Waals surface area contributed by atoms with Crippen LogP contribution in [-0.2, 0) is 0 Å². The number of rotatable bonds is 5. The average molecular weight is 457 g/mol. The maximum absolute atomic E-state index is 13.5. The molecule has 2 heterocycles. The van der Waals surface area contributed by atoms with E-state index in [0.717, 1.165) is 24.3 Å². The minimum absolute atomic E-state index is 0.0147. The lowest BCUT2D eigenvalue weighted by atomic mass is 10.00. The van der Waals surface area contributed by atoms with Crippen molar-refractivity contribution in [3.8, 4) is 17.2 Å². The highest BCUT2D eigenvalue weighted by Crippen LogP contribution is 2.45. The number of nitrogens with zero attached hydrogens (tertiary/aromatic N) is 2. The van der Waals surface area contributed by atoms with Crippen LogP contribution in [0, 0.1) is 0 Å². The lowest BCUT2D eigenvalue weighted by molar-refractivity contribution is 0.0497. The molecule has 7 nitrogen and oxygen atoms in total. The van der Waals surface area contributed by atoms with Crippen molar-refractivity contribution >= 4 is 23.6 Å². The minimum atomic E-state index is -0.288. The third-order valence-corrected chi connectivity index (χ3v) is 7.74. The van der Waals surface area contributed by atoms with E-state index in [1.54, 1.807) is 63.8 Å². The molecule has 2 aliphatic heterocycles. The van der Waals surface area contributed by atoms with Crippen LogP contribution in [0.2, 0.25) is 0 Å². The van der Waals surface area contributed by atoms with Gasteiger partial charge >= 0.3 is 0 Å². The van der Waals surface area contributed by atoms with Gasteiger partial charge in [0.25, 0.3) is 11.8 Å². The molecule has 2 fully saturated rings. The number of thioether (sulfide) groups is 1. The number of ether oxygens (including phenoxy) is 3. The van der Waals surface area contributed by atoms with Crippen LogP contribution in [0.1, 0.15) is 33.6 Å². The van der Waals surface area contributed by atoms with Gasteiger partial charge in [-0.15, -0.1) is 11.8 Å². The highest BCUT2D eigenvalue weighted by molar-refractivity contribution is 8.00. The summed E-state index contributed by atoms with van der Waals surface area (Å²) < 4.78 is 15.8. The van der Waals surface area contributed by atoms with Crippen LogP contribution in [0.4, 0.5) is 0 Å². The van der Waals surface area contributed by atoms with Crippen molar-refractivity contribution in [2.24, 2.45) is 0 Å². The maximum atomic E-state index is 13.5. The molecule has 0 aliphatic carbocycles. The Labute approximate surface area is 192 Å². The van der Waals surface area contributed by atoms with Gasteiger partial charge in [0, 0.05) is 42.6 Å². The van der Waals surface area contributed by atoms with Gasteiger partial charge in [-0.2, -0.15) is 0 Å². The molecule has 2 aliphatic rings. The summed E-state index contributed by atoms with van der Waals surface area (Å²) in [6, 6.07) is 12.5. The van der Waals surface area contributed by atoms with Crippen LogP contribution in [-0.4, -0.2) is 73.2 Å².